The molecular weight excluding hydrogens is 382 g/mol. The highest BCUT2D eigenvalue weighted by molar-refractivity contribution is 7.92. The molecule has 1 N–H and O–H groups in total. The molecule has 7 heteroatoms. The van der Waals surface area contributed by atoms with E-state index in [-0.39, 0.29) is 5.03 Å². The highest BCUT2D eigenvalue weighted by Crippen LogP contribution is 2.33. The van der Waals surface area contributed by atoms with Crippen molar-refractivity contribution in [1.82, 2.24) is 9.97 Å². The minimum Gasteiger partial charge on any atom is -0.276 e. The van der Waals surface area contributed by atoms with E-state index in [4.69, 9.17) is 11.6 Å². The topological polar surface area (TPSA) is 72.0 Å². The van der Waals surface area contributed by atoms with Crippen molar-refractivity contribution in [3.63, 3.8) is 0 Å². The maximum Gasteiger partial charge on any atom is 0.279 e. The van der Waals surface area contributed by atoms with Crippen LogP contribution in [0.5, 0.6) is 0 Å². The van der Waals surface area contributed by atoms with Gasteiger partial charge < -0.3 is 0 Å². The largest absolute Gasteiger partial charge is 0.279 e. The van der Waals surface area contributed by atoms with Crippen LogP contribution in [0, 0.1) is 0 Å². The number of nitrogens with zero attached hydrogens (tertiary/aromatic N) is 2. The summed E-state index contributed by atoms with van der Waals surface area (Å²) in [6, 6.07) is 19.5. The number of pyridine rings is 2. The van der Waals surface area contributed by atoms with Crippen LogP contribution < -0.4 is 4.72 Å². The van der Waals surface area contributed by atoms with Crippen molar-refractivity contribution in [1.29, 1.82) is 0 Å². The molecule has 0 saturated carbocycles. The van der Waals surface area contributed by atoms with Crippen molar-refractivity contribution < 1.29 is 8.42 Å². The summed E-state index contributed by atoms with van der Waals surface area (Å²) in [5, 5.41) is 1.40. The van der Waals surface area contributed by atoms with Gasteiger partial charge in [-0.15, -0.1) is 0 Å². The lowest BCUT2D eigenvalue weighted by molar-refractivity contribution is 0.597. The van der Waals surface area contributed by atoms with Gasteiger partial charge in [0.1, 0.15) is 0 Å². The SMILES string of the molecule is O=S(=O)(Nc1ccc(-c2cccc(Cl)c2)c2cccnc12)c1ccccn1. The number of rotatable bonds is 4. The van der Waals surface area contributed by atoms with E-state index in [0.717, 1.165) is 16.5 Å². The Bertz CT molecular complexity index is 1230. The van der Waals surface area contributed by atoms with Gasteiger partial charge in [0, 0.05) is 22.8 Å². The standard InChI is InChI=1S/C20H14ClN3O2S/c21-15-6-3-5-14(13-15)16-9-10-18(20-17(16)7-4-12-23-20)24-27(25,26)19-8-1-2-11-22-19/h1-13,24H. The average Bonchev–Trinajstić information content (AvgIpc) is 2.69. The molecule has 0 spiro atoms. The van der Waals surface area contributed by atoms with Crippen LogP contribution in [0.2, 0.25) is 5.02 Å². The summed E-state index contributed by atoms with van der Waals surface area (Å²) in [4.78, 5) is 8.30. The van der Waals surface area contributed by atoms with Crippen molar-refractivity contribution in [3.8, 4) is 11.1 Å². The predicted octanol–water partition coefficient (Wildman–Crippen LogP) is 4.75. The molecule has 2 aromatic carbocycles. The molecule has 2 heterocycles. The molecule has 134 valence electrons. The summed E-state index contributed by atoms with van der Waals surface area (Å²) in [6.45, 7) is 0. The molecule has 0 atom stereocenters. The van der Waals surface area contributed by atoms with Crippen LogP contribution in [0.4, 0.5) is 5.69 Å². The molecule has 0 aliphatic rings. The van der Waals surface area contributed by atoms with Crippen molar-refractivity contribution in [2.75, 3.05) is 4.72 Å². The van der Waals surface area contributed by atoms with E-state index in [1.165, 1.54) is 12.3 Å². The van der Waals surface area contributed by atoms with E-state index in [1.807, 2.05) is 36.4 Å². The Morgan fingerprint density at radius 3 is 2.48 bits per heavy atom. The number of nitrogens with one attached hydrogen (secondary N) is 1. The molecule has 2 aromatic heterocycles. The van der Waals surface area contributed by atoms with Crippen LogP contribution in [0.25, 0.3) is 22.0 Å². The van der Waals surface area contributed by atoms with Gasteiger partial charge in [-0.2, -0.15) is 8.42 Å². The van der Waals surface area contributed by atoms with Gasteiger partial charge in [0.2, 0.25) is 0 Å². The first-order valence-corrected chi connectivity index (χ1v) is 9.98. The Labute approximate surface area is 161 Å². The van der Waals surface area contributed by atoms with E-state index < -0.39 is 10.0 Å². The maximum absolute atomic E-state index is 12.6. The Hall–Kier alpha value is -2.96. The van der Waals surface area contributed by atoms with Crippen LogP contribution in [0.3, 0.4) is 0 Å². The normalized spacial score (nSPS) is 11.4. The molecule has 27 heavy (non-hydrogen) atoms. The van der Waals surface area contributed by atoms with Gasteiger partial charge in [0.05, 0.1) is 11.2 Å². The zero-order valence-electron chi connectivity index (χ0n) is 14.0. The van der Waals surface area contributed by atoms with Gasteiger partial charge >= 0.3 is 0 Å². The highest BCUT2D eigenvalue weighted by Gasteiger charge is 2.18. The summed E-state index contributed by atoms with van der Waals surface area (Å²) in [7, 11) is -3.81. The van der Waals surface area contributed by atoms with E-state index in [9.17, 15) is 8.42 Å². The lowest BCUT2D eigenvalue weighted by Crippen LogP contribution is -2.14. The van der Waals surface area contributed by atoms with Crippen LogP contribution in [0.15, 0.2) is 84.1 Å². The van der Waals surface area contributed by atoms with Crippen LogP contribution >= 0.6 is 11.6 Å². The molecule has 0 fully saturated rings. The minimum absolute atomic E-state index is 0.0481. The summed E-state index contributed by atoms with van der Waals surface area (Å²) in [5.74, 6) is 0. The molecule has 0 unspecified atom stereocenters. The zero-order valence-corrected chi connectivity index (χ0v) is 15.6. The first-order valence-electron chi connectivity index (χ1n) is 8.12. The summed E-state index contributed by atoms with van der Waals surface area (Å²) in [6.07, 6.45) is 3.07. The molecule has 0 bridgehead atoms. The van der Waals surface area contributed by atoms with E-state index in [1.54, 1.807) is 30.5 Å². The molecule has 0 aliphatic carbocycles. The van der Waals surface area contributed by atoms with Crippen LogP contribution in [-0.4, -0.2) is 18.4 Å². The lowest BCUT2D eigenvalue weighted by Gasteiger charge is -2.13. The predicted molar refractivity (Wildman–Crippen MR) is 107 cm³/mol. The molecule has 0 amide bonds. The minimum atomic E-state index is -3.81. The van der Waals surface area contributed by atoms with Gasteiger partial charge in [-0.1, -0.05) is 41.9 Å². The van der Waals surface area contributed by atoms with E-state index >= 15 is 0 Å². The second-order valence-electron chi connectivity index (χ2n) is 5.84. The number of benzene rings is 2. The van der Waals surface area contributed by atoms with Gasteiger partial charge in [0.15, 0.2) is 5.03 Å². The summed E-state index contributed by atoms with van der Waals surface area (Å²) >= 11 is 6.12. The third-order valence-electron chi connectivity index (χ3n) is 4.06. The number of halogens is 1. The first kappa shape index (κ1) is 17.5. The highest BCUT2D eigenvalue weighted by atomic mass is 35.5. The smallest absolute Gasteiger partial charge is 0.276 e. The Balaban J connectivity index is 1.84. The molecule has 4 rings (SSSR count). The van der Waals surface area contributed by atoms with Crippen molar-refractivity contribution in [3.05, 3.63) is 84.1 Å². The molecule has 4 aromatic rings. The molecule has 0 saturated heterocycles. The summed E-state index contributed by atoms with van der Waals surface area (Å²) in [5.41, 5.74) is 2.79. The molecule has 0 aliphatic heterocycles. The fourth-order valence-electron chi connectivity index (χ4n) is 2.87. The van der Waals surface area contributed by atoms with Gasteiger partial charge in [0.25, 0.3) is 10.0 Å². The fourth-order valence-corrected chi connectivity index (χ4v) is 4.07. The van der Waals surface area contributed by atoms with Gasteiger partial charge in [-0.3, -0.25) is 9.71 Å². The number of hydrogen-bond donors (Lipinski definition) is 1. The zero-order chi connectivity index (χ0) is 18.9. The fraction of sp³-hybridized carbons (Fsp3) is 0. The van der Waals surface area contributed by atoms with E-state index in [0.29, 0.717) is 16.2 Å². The van der Waals surface area contributed by atoms with Crippen molar-refractivity contribution in [2.45, 2.75) is 5.03 Å². The number of fused-ring (bicyclic) bond motifs is 1. The lowest BCUT2D eigenvalue weighted by atomic mass is 10.00. The third kappa shape index (κ3) is 3.49. The second kappa shape index (κ2) is 6.98. The Morgan fingerprint density at radius 2 is 1.70 bits per heavy atom. The number of hydrogen-bond acceptors (Lipinski definition) is 4. The average molecular weight is 396 g/mol. The monoisotopic (exact) mass is 395 g/mol. The number of aromatic nitrogens is 2. The van der Waals surface area contributed by atoms with Crippen molar-refractivity contribution >= 4 is 38.2 Å². The van der Waals surface area contributed by atoms with Gasteiger partial charge in [-0.05, 0) is 47.5 Å². The Morgan fingerprint density at radius 1 is 0.852 bits per heavy atom. The van der Waals surface area contributed by atoms with Crippen molar-refractivity contribution in [2.24, 2.45) is 0 Å². The number of sulfonamides is 1. The summed E-state index contributed by atoms with van der Waals surface area (Å²) < 4.78 is 27.8. The molecule has 0 radical (unpaired) electrons. The quantitative estimate of drug-likeness (QED) is 0.541. The van der Waals surface area contributed by atoms with Crippen LogP contribution in [-0.2, 0) is 10.0 Å². The van der Waals surface area contributed by atoms with Gasteiger partial charge in [-0.25, -0.2) is 4.98 Å². The third-order valence-corrected chi connectivity index (χ3v) is 5.58. The molecular formula is C20H14ClN3O2S. The molecule has 5 nitrogen and oxygen atoms in total. The second-order valence-corrected chi connectivity index (χ2v) is 7.91. The van der Waals surface area contributed by atoms with Crippen LogP contribution in [0.1, 0.15) is 0 Å². The Kier molecular flexibility index (Phi) is 4.51. The van der Waals surface area contributed by atoms with E-state index in [2.05, 4.69) is 14.7 Å². The number of anilines is 1. The first-order chi connectivity index (χ1) is 13.0. The maximum atomic E-state index is 12.6.